The van der Waals surface area contributed by atoms with Crippen LogP contribution in [0.15, 0.2) is 0 Å². The van der Waals surface area contributed by atoms with Crippen LogP contribution < -0.4 is 5.32 Å². The average Bonchev–Trinajstić information content (AvgIpc) is 2.52. The Morgan fingerprint density at radius 1 is 1.18 bits per heavy atom. The number of hydrogen-bond donors (Lipinski definition) is 1. The van der Waals surface area contributed by atoms with Gasteiger partial charge in [-0.3, -0.25) is 9.59 Å². The molecule has 22 heavy (non-hydrogen) atoms. The van der Waals surface area contributed by atoms with Crippen LogP contribution in [0.5, 0.6) is 0 Å². The second kappa shape index (κ2) is 10.1. The first-order chi connectivity index (χ1) is 10.6. The lowest BCUT2D eigenvalue weighted by Crippen LogP contribution is -2.49. The topological polar surface area (TPSA) is 100 Å². The first-order valence-electron chi connectivity index (χ1n) is 7.40. The third-order valence-electron chi connectivity index (χ3n) is 2.94. The van der Waals surface area contributed by atoms with Crippen molar-refractivity contribution in [2.75, 3.05) is 33.0 Å². The molecule has 0 aromatic carbocycles. The van der Waals surface area contributed by atoms with E-state index in [1.165, 1.54) is 0 Å². The van der Waals surface area contributed by atoms with Crippen LogP contribution in [0.2, 0.25) is 0 Å². The molecule has 0 aromatic rings. The first kappa shape index (κ1) is 18.4. The molecular formula is C14H23NO7. The summed E-state index contributed by atoms with van der Waals surface area (Å²) in [4.78, 5) is 35.3. The Bertz CT molecular complexity index is 379. The summed E-state index contributed by atoms with van der Waals surface area (Å²) >= 11 is 0. The largest absolute Gasteiger partial charge is 0.466 e. The zero-order valence-electron chi connectivity index (χ0n) is 13.0. The summed E-state index contributed by atoms with van der Waals surface area (Å²) in [5, 5.41) is 2.54. The highest BCUT2D eigenvalue weighted by molar-refractivity contribution is 5.87. The van der Waals surface area contributed by atoms with Crippen LogP contribution in [0.1, 0.15) is 26.7 Å². The predicted octanol–water partition coefficient (Wildman–Crippen LogP) is -0.207. The molecular weight excluding hydrogens is 294 g/mol. The lowest BCUT2D eigenvalue weighted by molar-refractivity contribution is -0.155. The van der Waals surface area contributed by atoms with Crippen LogP contribution in [-0.4, -0.2) is 63.0 Å². The van der Waals surface area contributed by atoms with Crippen LogP contribution in [0.4, 0.5) is 0 Å². The van der Waals surface area contributed by atoms with Crippen LogP contribution in [0.3, 0.4) is 0 Å². The molecule has 0 bridgehead atoms. The molecule has 1 amide bonds. The zero-order chi connectivity index (χ0) is 16.4. The summed E-state index contributed by atoms with van der Waals surface area (Å²) in [7, 11) is 0. The normalized spacial score (nSPS) is 19.1. The number of carbonyl (C=O) groups is 3. The molecule has 0 radical (unpaired) electrons. The van der Waals surface area contributed by atoms with Crippen molar-refractivity contribution in [3.63, 3.8) is 0 Å². The number of rotatable bonds is 8. The van der Waals surface area contributed by atoms with Gasteiger partial charge in [0.15, 0.2) is 6.10 Å². The smallest absolute Gasteiger partial charge is 0.328 e. The molecule has 1 heterocycles. The van der Waals surface area contributed by atoms with Crippen molar-refractivity contribution in [1.82, 2.24) is 5.32 Å². The van der Waals surface area contributed by atoms with Gasteiger partial charge in [-0.25, -0.2) is 4.79 Å². The number of carbonyl (C=O) groups excluding carboxylic acids is 3. The molecule has 1 saturated heterocycles. The number of esters is 2. The molecule has 1 fully saturated rings. The number of hydrogen-bond acceptors (Lipinski definition) is 7. The van der Waals surface area contributed by atoms with E-state index in [0.29, 0.717) is 13.2 Å². The van der Waals surface area contributed by atoms with Crippen molar-refractivity contribution >= 4 is 17.8 Å². The van der Waals surface area contributed by atoms with E-state index < -0.39 is 30.0 Å². The fraction of sp³-hybridized carbons (Fsp3) is 0.786. The van der Waals surface area contributed by atoms with Crippen molar-refractivity contribution in [1.29, 1.82) is 0 Å². The predicted molar refractivity (Wildman–Crippen MR) is 75.0 cm³/mol. The molecule has 1 aliphatic rings. The summed E-state index contributed by atoms with van der Waals surface area (Å²) in [6.07, 6.45) is -0.635. The van der Waals surface area contributed by atoms with Crippen LogP contribution in [0, 0.1) is 0 Å². The van der Waals surface area contributed by atoms with Crippen LogP contribution in [-0.2, 0) is 33.3 Å². The van der Waals surface area contributed by atoms with E-state index in [0.717, 1.165) is 0 Å². The molecule has 2 atom stereocenters. The van der Waals surface area contributed by atoms with Gasteiger partial charge in [0.25, 0.3) is 5.91 Å². The van der Waals surface area contributed by atoms with E-state index in [9.17, 15) is 14.4 Å². The van der Waals surface area contributed by atoms with Gasteiger partial charge in [0.2, 0.25) is 0 Å². The fourth-order valence-electron chi connectivity index (χ4n) is 1.89. The molecule has 8 heteroatoms. The van der Waals surface area contributed by atoms with Gasteiger partial charge in [0.1, 0.15) is 6.04 Å². The number of nitrogens with one attached hydrogen (secondary N) is 1. The molecule has 8 nitrogen and oxygen atoms in total. The number of ether oxygens (including phenoxy) is 4. The molecule has 1 rings (SSSR count). The highest BCUT2D eigenvalue weighted by Crippen LogP contribution is 2.06. The summed E-state index contributed by atoms with van der Waals surface area (Å²) in [5.41, 5.74) is 0. The van der Waals surface area contributed by atoms with E-state index in [2.05, 4.69) is 5.32 Å². The molecule has 0 aromatic heterocycles. The molecule has 0 spiro atoms. The van der Waals surface area contributed by atoms with E-state index in [1.807, 2.05) is 0 Å². The van der Waals surface area contributed by atoms with Crippen molar-refractivity contribution in [3.05, 3.63) is 0 Å². The monoisotopic (exact) mass is 317 g/mol. The molecule has 1 aliphatic heterocycles. The van der Waals surface area contributed by atoms with E-state index in [4.69, 9.17) is 18.9 Å². The first-order valence-corrected chi connectivity index (χ1v) is 7.40. The Balaban J connectivity index is 2.54. The molecule has 126 valence electrons. The average molecular weight is 317 g/mol. The van der Waals surface area contributed by atoms with Crippen LogP contribution in [0.25, 0.3) is 0 Å². The Kier molecular flexibility index (Phi) is 8.46. The highest BCUT2D eigenvalue weighted by Gasteiger charge is 2.29. The van der Waals surface area contributed by atoms with Crippen LogP contribution >= 0.6 is 0 Å². The van der Waals surface area contributed by atoms with Crippen molar-refractivity contribution in [2.45, 2.75) is 38.8 Å². The maximum atomic E-state index is 12.0. The van der Waals surface area contributed by atoms with Gasteiger partial charge in [-0.15, -0.1) is 0 Å². The minimum absolute atomic E-state index is 0.0135. The van der Waals surface area contributed by atoms with E-state index >= 15 is 0 Å². The third kappa shape index (κ3) is 6.40. The molecule has 0 saturated carbocycles. The van der Waals surface area contributed by atoms with Gasteiger partial charge in [-0.1, -0.05) is 0 Å². The summed E-state index contributed by atoms with van der Waals surface area (Å²) in [6, 6.07) is -0.914. The number of amides is 1. The van der Waals surface area contributed by atoms with Gasteiger partial charge < -0.3 is 24.3 Å². The lowest BCUT2D eigenvalue weighted by atomic mass is 10.1. The SMILES string of the molecule is CCOC(=O)CC[C@@H](NC(=O)[C@@H]1COCCO1)C(=O)OCC. The summed E-state index contributed by atoms with van der Waals surface area (Å²) < 4.78 is 20.1. The second-order valence-corrected chi connectivity index (χ2v) is 4.59. The minimum atomic E-state index is -0.914. The quantitative estimate of drug-likeness (QED) is 0.618. The highest BCUT2D eigenvalue weighted by atomic mass is 16.6. The van der Waals surface area contributed by atoms with E-state index in [-0.39, 0.29) is 32.7 Å². The molecule has 1 N–H and O–H groups in total. The molecule has 0 unspecified atom stereocenters. The maximum Gasteiger partial charge on any atom is 0.328 e. The lowest BCUT2D eigenvalue weighted by Gasteiger charge is -2.24. The second-order valence-electron chi connectivity index (χ2n) is 4.59. The standard InChI is InChI=1S/C14H23NO7/c1-3-20-12(16)6-5-10(14(18)21-4-2)15-13(17)11-9-19-7-8-22-11/h10-11H,3-9H2,1-2H3,(H,15,17)/t10-,11+/m1/s1. The minimum Gasteiger partial charge on any atom is -0.466 e. The summed E-state index contributed by atoms with van der Waals surface area (Å²) in [6.45, 7) is 4.72. The van der Waals surface area contributed by atoms with Crippen molar-refractivity contribution < 1.29 is 33.3 Å². The van der Waals surface area contributed by atoms with Gasteiger partial charge in [-0.05, 0) is 20.3 Å². The van der Waals surface area contributed by atoms with Gasteiger partial charge in [0.05, 0.1) is 33.0 Å². The Morgan fingerprint density at radius 2 is 1.91 bits per heavy atom. The Labute approximate surface area is 129 Å². The Hall–Kier alpha value is -1.67. The third-order valence-corrected chi connectivity index (χ3v) is 2.94. The maximum absolute atomic E-state index is 12.0. The Morgan fingerprint density at radius 3 is 2.50 bits per heavy atom. The van der Waals surface area contributed by atoms with Crippen molar-refractivity contribution in [2.24, 2.45) is 0 Å². The molecule has 0 aliphatic carbocycles. The van der Waals surface area contributed by atoms with Gasteiger partial charge in [0, 0.05) is 6.42 Å². The van der Waals surface area contributed by atoms with Crippen molar-refractivity contribution in [3.8, 4) is 0 Å². The van der Waals surface area contributed by atoms with Gasteiger partial charge in [-0.2, -0.15) is 0 Å². The fourth-order valence-corrected chi connectivity index (χ4v) is 1.89. The van der Waals surface area contributed by atoms with Gasteiger partial charge >= 0.3 is 11.9 Å². The zero-order valence-corrected chi connectivity index (χ0v) is 13.0. The van der Waals surface area contributed by atoms with E-state index in [1.54, 1.807) is 13.8 Å². The summed E-state index contributed by atoms with van der Waals surface area (Å²) in [5.74, 6) is -1.47.